The molecular weight excluding hydrogens is 504 g/mol. The monoisotopic (exact) mass is 518 g/mol. The number of hydrogen-bond acceptors (Lipinski definition) is 12. The molecule has 16 nitrogen and oxygen atoms in total. The second-order valence-electron chi connectivity index (χ2n) is 5.54. The van der Waals surface area contributed by atoms with E-state index in [1.165, 1.54) is 0 Å². The Morgan fingerprint density at radius 3 is 2.23 bits per heavy atom. The number of aliphatic hydroxyl groups excluding tert-OH is 2. The average molecular weight is 518 g/mol. The molecule has 0 spiro atoms. The van der Waals surface area contributed by atoms with Crippen molar-refractivity contribution in [3.63, 3.8) is 0 Å². The van der Waals surface area contributed by atoms with Gasteiger partial charge in [-0.25, -0.2) is 18.1 Å². The molecule has 0 saturated carbocycles. The van der Waals surface area contributed by atoms with Crippen LogP contribution < -0.4 is 5.73 Å². The number of amides is 1. The fourth-order valence-corrected chi connectivity index (χ4v) is 6.06. The maximum atomic E-state index is 14.2. The summed E-state index contributed by atoms with van der Waals surface area (Å²) in [5, 5.41) is 20.0. The summed E-state index contributed by atoms with van der Waals surface area (Å²) in [5.41, 5.74) is 4.18. The van der Waals surface area contributed by atoms with Crippen LogP contribution >= 0.6 is 35.0 Å². The van der Waals surface area contributed by atoms with Gasteiger partial charge in [-0.3, -0.25) is 9.32 Å². The first-order valence-corrected chi connectivity index (χ1v) is 12.6. The number of nitrogens with zero attached hydrogens (tertiary/aromatic N) is 1. The predicted octanol–water partition coefficient (Wildman–Crippen LogP) is -1.11. The highest BCUT2D eigenvalue weighted by atomic mass is 32.1. The van der Waals surface area contributed by atoms with Gasteiger partial charge in [0.15, 0.2) is 11.5 Å². The minimum Gasteiger partial charge on any atom is -0.387 e. The number of carbonyl (C=O) groups is 1. The van der Waals surface area contributed by atoms with Gasteiger partial charge in [0.25, 0.3) is 5.91 Å². The number of aliphatic hydroxyl groups is 2. The minimum atomic E-state index is -5.75. The number of ether oxygens (including phenoxy) is 1. The van der Waals surface area contributed by atoms with Crippen LogP contribution in [-0.2, 0) is 31.6 Å². The third-order valence-corrected chi connectivity index (χ3v) is 8.02. The first kappa shape index (κ1) is 25.6. The summed E-state index contributed by atoms with van der Waals surface area (Å²) in [6.07, 6.45) is -6.84. The van der Waals surface area contributed by atoms with Crippen molar-refractivity contribution in [3.05, 3.63) is 16.4 Å². The van der Waals surface area contributed by atoms with Gasteiger partial charge in [-0.15, -0.1) is 0 Å². The zero-order valence-electron chi connectivity index (χ0n) is 14.1. The normalized spacial score (nSPS) is 28.8. The Labute approximate surface area is 169 Å². The number of carbonyl (C=O) groups excluding carboxylic acids is 1. The number of primary amides is 1. The Kier molecular flexibility index (Phi) is 7.72. The molecule has 1 aliphatic rings. The zero-order valence-corrected chi connectivity index (χ0v) is 17.6. The van der Waals surface area contributed by atoms with Crippen LogP contribution in [0.3, 0.4) is 0 Å². The topological polar surface area (TPSA) is 265 Å². The van der Waals surface area contributed by atoms with E-state index in [1.54, 1.807) is 0 Å². The highest BCUT2D eigenvalue weighted by Crippen LogP contribution is 2.66. The lowest BCUT2D eigenvalue weighted by Crippen LogP contribution is -2.33. The summed E-state index contributed by atoms with van der Waals surface area (Å²) in [7, 11) is -16.8. The Morgan fingerprint density at radius 1 is 1.13 bits per heavy atom. The number of hydrogen-bond donors (Lipinski definition) is 7. The Bertz CT molecular complexity index is 951. The summed E-state index contributed by atoms with van der Waals surface area (Å²) >= 11 is 0.394. The van der Waals surface area contributed by atoms with Crippen LogP contribution in [0.4, 0.5) is 4.39 Å². The lowest BCUT2D eigenvalue weighted by Gasteiger charge is -2.19. The van der Waals surface area contributed by atoms with Gasteiger partial charge in [0.05, 0.1) is 11.5 Å². The lowest BCUT2D eigenvalue weighted by atomic mass is 10.1. The summed E-state index contributed by atoms with van der Waals surface area (Å²) in [6, 6.07) is 0. The molecule has 2 unspecified atom stereocenters. The maximum absolute atomic E-state index is 14.2. The zero-order chi connectivity index (χ0) is 23.1. The summed E-state index contributed by atoms with van der Waals surface area (Å²) < 4.78 is 67.5. The van der Waals surface area contributed by atoms with E-state index in [0.717, 1.165) is 0 Å². The van der Waals surface area contributed by atoms with E-state index in [-0.39, 0.29) is 0 Å². The molecule has 2 rings (SSSR count). The van der Waals surface area contributed by atoms with Crippen LogP contribution in [0.2, 0.25) is 0 Å². The van der Waals surface area contributed by atoms with Crippen LogP contribution in [-0.4, -0.2) is 65.0 Å². The maximum Gasteiger partial charge on any atom is 0.490 e. The second kappa shape index (κ2) is 9.05. The Hall–Kier alpha value is -0.680. The molecule has 8 N–H and O–H groups in total. The number of phosphoric acid groups is 3. The van der Waals surface area contributed by atoms with Crippen molar-refractivity contribution in [2.24, 2.45) is 5.73 Å². The van der Waals surface area contributed by atoms with E-state index in [4.69, 9.17) is 25.2 Å². The van der Waals surface area contributed by atoms with Crippen LogP contribution in [0.15, 0.2) is 0 Å². The van der Waals surface area contributed by atoms with E-state index in [2.05, 4.69) is 17.5 Å². The number of aromatic nitrogens is 1. The molecule has 0 radical (unpaired) electrons. The quantitative estimate of drug-likeness (QED) is 0.191. The predicted molar refractivity (Wildman–Crippen MR) is 90.0 cm³/mol. The van der Waals surface area contributed by atoms with E-state index in [1.807, 2.05) is 0 Å². The van der Waals surface area contributed by atoms with Crippen molar-refractivity contribution < 1.29 is 70.5 Å². The summed E-state index contributed by atoms with van der Waals surface area (Å²) in [5.74, 6) is -2.41. The van der Waals surface area contributed by atoms with E-state index < -0.39 is 76.8 Å². The lowest BCUT2D eigenvalue weighted by molar-refractivity contribution is -0.0221. The van der Waals surface area contributed by atoms with Crippen molar-refractivity contribution in [1.82, 2.24) is 4.37 Å². The van der Waals surface area contributed by atoms with Crippen LogP contribution in [0.25, 0.3) is 0 Å². The fraction of sp³-hybridized carbons (Fsp3) is 0.556. The van der Waals surface area contributed by atoms with Gasteiger partial charge in [0.1, 0.15) is 24.4 Å². The molecule has 172 valence electrons. The number of halogens is 1. The highest BCUT2D eigenvalue weighted by Gasteiger charge is 2.48. The van der Waals surface area contributed by atoms with Gasteiger partial charge < -0.3 is 40.3 Å². The summed E-state index contributed by atoms with van der Waals surface area (Å²) in [6.45, 7) is -1.08. The molecule has 0 aliphatic carbocycles. The number of phosphoric ester groups is 1. The van der Waals surface area contributed by atoms with Crippen molar-refractivity contribution in [2.45, 2.75) is 24.4 Å². The van der Waals surface area contributed by atoms with E-state index in [0.29, 0.717) is 11.5 Å². The van der Waals surface area contributed by atoms with Crippen molar-refractivity contribution in [1.29, 1.82) is 0 Å². The third-order valence-electron chi connectivity index (χ3n) is 3.33. The molecule has 1 aliphatic heterocycles. The first-order chi connectivity index (χ1) is 13.5. The standard InChI is InChI=1S/C9H14FN2O14P3S/c10-3-4(9(11)15)12-30-8(3)7-6(14)5(13)2(24-7)1-23-28(19,20)26-29(21,22)25-27(16,17)18/h2,5-7,13-14H,1H2,(H2,11,15)(H,19,20)(H,21,22)(H2,16,17,18)/t2-,5-,6-,7-/m1/s1. The SMILES string of the molecule is NC(=O)c1nsc([C@@H]2O[C@H](COP(=O)(O)OP(=O)(O)OP(=O)(O)O)[C@@H](O)[C@H]2O)c1F. The molecule has 1 fully saturated rings. The highest BCUT2D eigenvalue weighted by molar-refractivity contribution is 7.66. The molecule has 1 aromatic rings. The van der Waals surface area contributed by atoms with Crippen molar-refractivity contribution in [3.8, 4) is 0 Å². The molecule has 0 aromatic carbocycles. The van der Waals surface area contributed by atoms with E-state index >= 15 is 0 Å². The van der Waals surface area contributed by atoms with Crippen LogP contribution in [0.1, 0.15) is 21.5 Å². The van der Waals surface area contributed by atoms with Gasteiger partial charge in [0, 0.05) is 0 Å². The molecule has 30 heavy (non-hydrogen) atoms. The molecule has 1 aromatic heterocycles. The van der Waals surface area contributed by atoms with Crippen LogP contribution in [0.5, 0.6) is 0 Å². The third kappa shape index (κ3) is 6.41. The van der Waals surface area contributed by atoms with Crippen molar-refractivity contribution >= 4 is 40.9 Å². The largest absolute Gasteiger partial charge is 0.490 e. The average Bonchev–Trinajstić information content (AvgIpc) is 3.03. The molecule has 21 heteroatoms. The van der Waals surface area contributed by atoms with E-state index in [9.17, 15) is 38.0 Å². The Balaban J connectivity index is 2.06. The number of nitrogens with two attached hydrogens (primary N) is 1. The van der Waals surface area contributed by atoms with Gasteiger partial charge in [0.2, 0.25) is 0 Å². The van der Waals surface area contributed by atoms with Crippen molar-refractivity contribution in [2.75, 3.05) is 6.61 Å². The Morgan fingerprint density at radius 2 is 1.73 bits per heavy atom. The van der Waals surface area contributed by atoms with Gasteiger partial charge in [-0.05, 0) is 11.5 Å². The molecule has 1 amide bonds. The minimum absolute atomic E-state index is 0.394. The molecule has 1 saturated heterocycles. The molecular formula is C9H14FN2O14P3S. The fourth-order valence-electron chi connectivity index (χ4n) is 2.20. The van der Waals surface area contributed by atoms with Crippen LogP contribution in [0, 0.1) is 5.82 Å². The van der Waals surface area contributed by atoms with Gasteiger partial charge >= 0.3 is 23.5 Å². The summed E-state index contributed by atoms with van der Waals surface area (Å²) in [4.78, 5) is 45.9. The number of rotatable bonds is 9. The smallest absolute Gasteiger partial charge is 0.387 e. The van der Waals surface area contributed by atoms with Gasteiger partial charge in [-0.2, -0.15) is 13.0 Å². The molecule has 2 heterocycles. The van der Waals surface area contributed by atoms with Gasteiger partial charge in [-0.1, -0.05) is 0 Å². The first-order valence-electron chi connectivity index (χ1n) is 7.28. The second-order valence-corrected chi connectivity index (χ2v) is 10.8. The molecule has 6 atom stereocenters. The molecule has 0 bridgehead atoms.